The van der Waals surface area contributed by atoms with E-state index in [0.29, 0.717) is 22.4 Å². The summed E-state index contributed by atoms with van der Waals surface area (Å²) in [5.74, 6) is 1.56. The molecule has 33 heavy (non-hydrogen) atoms. The van der Waals surface area contributed by atoms with Crippen molar-refractivity contribution in [2.75, 3.05) is 0 Å². The van der Waals surface area contributed by atoms with E-state index in [9.17, 15) is 5.11 Å². The summed E-state index contributed by atoms with van der Waals surface area (Å²) >= 11 is 0. The van der Waals surface area contributed by atoms with E-state index in [4.69, 9.17) is 9.97 Å². The molecular weight excluding hydrogens is 404 g/mol. The van der Waals surface area contributed by atoms with E-state index >= 15 is 0 Å². The van der Waals surface area contributed by atoms with Crippen LogP contribution < -0.4 is 0 Å². The molecule has 0 aliphatic heterocycles. The number of benzene rings is 3. The van der Waals surface area contributed by atoms with Crippen molar-refractivity contribution >= 4 is 11.0 Å². The molecule has 2 atom stereocenters. The van der Waals surface area contributed by atoms with Crippen molar-refractivity contribution in [1.82, 2.24) is 9.97 Å². The van der Waals surface area contributed by atoms with Crippen LogP contribution in [0.5, 0.6) is 5.75 Å². The first-order valence-corrected chi connectivity index (χ1v) is 12.1. The number of aromatic hydroxyl groups is 1. The van der Waals surface area contributed by atoms with Gasteiger partial charge < -0.3 is 5.11 Å². The maximum absolute atomic E-state index is 10.4. The molecule has 0 amide bonds. The maximum atomic E-state index is 10.4. The third-order valence-corrected chi connectivity index (χ3v) is 7.51. The van der Waals surface area contributed by atoms with E-state index in [1.807, 2.05) is 42.5 Å². The second-order valence-electron chi connectivity index (χ2n) is 10.1. The molecule has 5 rings (SSSR count). The highest BCUT2D eigenvalue weighted by atomic mass is 16.3. The molecule has 0 bridgehead atoms. The molecule has 1 aliphatic rings. The van der Waals surface area contributed by atoms with E-state index in [1.165, 1.54) is 31.2 Å². The summed E-state index contributed by atoms with van der Waals surface area (Å²) < 4.78 is 0. The number of hydrogen-bond acceptors (Lipinski definition) is 3. The lowest BCUT2D eigenvalue weighted by Gasteiger charge is -2.47. The van der Waals surface area contributed by atoms with Gasteiger partial charge in [0.1, 0.15) is 11.3 Å². The van der Waals surface area contributed by atoms with Crippen molar-refractivity contribution in [2.45, 2.75) is 52.4 Å². The molecule has 1 aromatic heterocycles. The number of rotatable bonds is 6. The van der Waals surface area contributed by atoms with Crippen LogP contribution in [0.1, 0.15) is 57.9 Å². The normalized spacial score (nSPS) is 18.3. The SMILES string of the molecule is CCCC(C)(C)C1CCC1c1ccc(-c2nc3cccc(O)c3nc2-c2ccccc2)cc1. The summed E-state index contributed by atoms with van der Waals surface area (Å²) in [7, 11) is 0. The monoisotopic (exact) mass is 436 g/mol. The molecule has 3 heteroatoms. The lowest BCUT2D eigenvalue weighted by molar-refractivity contribution is 0.0800. The van der Waals surface area contributed by atoms with Gasteiger partial charge in [0, 0.05) is 11.1 Å². The van der Waals surface area contributed by atoms with Crippen molar-refractivity contribution < 1.29 is 5.11 Å². The molecule has 3 nitrogen and oxygen atoms in total. The van der Waals surface area contributed by atoms with Crippen LogP contribution >= 0.6 is 0 Å². The first-order chi connectivity index (χ1) is 16.0. The first kappa shape index (κ1) is 21.6. The topological polar surface area (TPSA) is 46.0 Å². The van der Waals surface area contributed by atoms with Gasteiger partial charge in [0.15, 0.2) is 0 Å². The molecule has 1 saturated carbocycles. The minimum Gasteiger partial charge on any atom is -0.506 e. The fourth-order valence-corrected chi connectivity index (χ4v) is 5.61. The molecule has 3 aromatic carbocycles. The van der Waals surface area contributed by atoms with E-state index in [2.05, 4.69) is 45.0 Å². The smallest absolute Gasteiger partial charge is 0.143 e. The van der Waals surface area contributed by atoms with Crippen LogP contribution in [0, 0.1) is 11.3 Å². The van der Waals surface area contributed by atoms with Gasteiger partial charge in [0.25, 0.3) is 0 Å². The lowest BCUT2D eigenvalue weighted by atomic mass is 9.57. The number of para-hydroxylation sites is 1. The van der Waals surface area contributed by atoms with Crippen molar-refractivity contribution in [1.29, 1.82) is 0 Å². The number of hydrogen-bond donors (Lipinski definition) is 1. The maximum Gasteiger partial charge on any atom is 0.143 e. The number of fused-ring (bicyclic) bond motifs is 1. The Hall–Kier alpha value is -3.20. The zero-order valence-electron chi connectivity index (χ0n) is 19.8. The highest BCUT2D eigenvalue weighted by Gasteiger charge is 2.41. The Morgan fingerprint density at radius 3 is 2.18 bits per heavy atom. The molecule has 0 spiro atoms. The van der Waals surface area contributed by atoms with Crippen molar-refractivity contribution in [3.8, 4) is 28.3 Å². The van der Waals surface area contributed by atoms with Gasteiger partial charge in [0.05, 0.1) is 16.9 Å². The Kier molecular flexibility index (Phi) is 5.65. The average Bonchev–Trinajstić information content (AvgIpc) is 2.79. The minimum atomic E-state index is 0.157. The van der Waals surface area contributed by atoms with Crippen LogP contribution in [0.15, 0.2) is 72.8 Å². The zero-order valence-corrected chi connectivity index (χ0v) is 19.8. The molecule has 1 fully saturated rings. The van der Waals surface area contributed by atoms with Gasteiger partial charge in [-0.3, -0.25) is 0 Å². The predicted molar refractivity (Wildman–Crippen MR) is 136 cm³/mol. The molecule has 0 radical (unpaired) electrons. The van der Waals surface area contributed by atoms with Crippen LogP contribution in [-0.4, -0.2) is 15.1 Å². The van der Waals surface area contributed by atoms with E-state index < -0.39 is 0 Å². The second-order valence-corrected chi connectivity index (χ2v) is 10.1. The highest BCUT2D eigenvalue weighted by Crippen LogP contribution is 2.53. The molecule has 2 unspecified atom stereocenters. The standard InChI is InChI=1S/C30H32N2O/c1-4-19-30(2,3)24-18-17-23(24)20-13-15-22(16-14-20)27-28(21-9-6-5-7-10-21)32-29-25(31-27)11-8-12-26(29)33/h5-16,23-24,33H,4,17-19H2,1-3H3. The van der Waals surface area contributed by atoms with Crippen molar-refractivity contribution in [3.05, 3.63) is 78.4 Å². The summed E-state index contributed by atoms with van der Waals surface area (Å²) in [5, 5.41) is 10.4. The molecule has 4 aromatic rings. The Balaban J connectivity index is 1.54. The summed E-state index contributed by atoms with van der Waals surface area (Å²) in [4.78, 5) is 9.81. The lowest BCUT2D eigenvalue weighted by Crippen LogP contribution is -2.36. The third-order valence-electron chi connectivity index (χ3n) is 7.51. The molecule has 1 aliphatic carbocycles. The van der Waals surface area contributed by atoms with Crippen LogP contribution in [0.2, 0.25) is 0 Å². The second kappa shape index (κ2) is 8.62. The van der Waals surface area contributed by atoms with Crippen molar-refractivity contribution in [3.63, 3.8) is 0 Å². The first-order valence-electron chi connectivity index (χ1n) is 12.1. The molecule has 168 valence electrons. The van der Waals surface area contributed by atoms with E-state index in [1.54, 1.807) is 6.07 Å². The van der Waals surface area contributed by atoms with Crippen molar-refractivity contribution in [2.24, 2.45) is 11.3 Å². The minimum absolute atomic E-state index is 0.157. The molecule has 1 heterocycles. The molecule has 0 saturated heterocycles. The molecular formula is C30H32N2O. The van der Waals surface area contributed by atoms with E-state index in [0.717, 1.165) is 28.4 Å². The fourth-order valence-electron chi connectivity index (χ4n) is 5.61. The van der Waals surface area contributed by atoms with Gasteiger partial charge in [-0.1, -0.05) is 87.9 Å². The van der Waals surface area contributed by atoms with Gasteiger partial charge in [-0.2, -0.15) is 0 Å². The van der Waals surface area contributed by atoms with Gasteiger partial charge in [-0.25, -0.2) is 9.97 Å². The summed E-state index contributed by atoms with van der Waals surface area (Å²) in [6, 6.07) is 24.5. The summed E-state index contributed by atoms with van der Waals surface area (Å²) in [6.07, 6.45) is 5.14. The fraction of sp³-hybridized carbons (Fsp3) is 0.333. The third kappa shape index (κ3) is 4.01. The highest BCUT2D eigenvalue weighted by molar-refractivity contribution is 5.89. The van der Waals surface area contributed by atoms with Gasteiger partial charge in [0.2, 0.25) is 0 Å². The summed E-state index contributed by atoms with van der Waals surface area (Å²) in [6.45, 7) is 7.17. The number of phenols is 1. The quantitative estimate of drug-likeness (QED) is 0.333. The average molecular weight is 437 g/mol. The Labute approximate surface area is 196 Å². The van der Waals surface area contributed by atoms with Crippen LogP contribution in [0.25, 0.3) is 33.5 Å². The largest absolute Gasteiger partial charge is 0.506 e. The van der Waals surface area contributed by atoms with Crippen LogP contribution in [0.3, 0.4) is 0 Å². The number of phenolic OH excluding ortho intramolecular Hbond substituents is 1. The van der Waals surface area contributed by atoms with Crippen LogP contribution in [0.4, 0.5) is 0 Å². The Morgan fingerprint density at radius 1 is 0.818 bits per heavy atom. The van der Waals surface area contributed by atoms with Gasteiger partial charge in [-0.15, -0.1) is 0 Å². The number of nitrogens with zero attached hydrogens (tertiary/aromatic N) is 2. The number of aromatic nitrogens is 2. The Bertz CT molecular complexity index is 1260. The van der Waals surface area contributed by atoms with Crippen LogP contribution in [-0.2, 0) is 0 Å². The Morgan fingerprint density at radius 2 is 1.52 bits per heavy atom. The zero-order chi connectivity index (χ0) is 23.0. The van der Waals surface area contributed by atoms with Gasteiger partial charge in [-0.05, 0) is 54.2 Å². The summed E-state index contributed by atoms with van der Waals surface area (Å²) in [5.41, 5.74) is 6.76. The van der Waals surface area contributed by atoms with Gasteiger partial charge >= 0.3 is 0 Å². The van der Waals surface area contributed by atoms with E-state index in [-0.39, 0.29) is 5.75 Å². The molecule has 1 N–H and O–H groups in total. The predicted octanol–water partition coefficient (Wildman–Crippen LogP) is 7.99.